The molecule has 2 heterocycles. The van der Waals surface area contributed by atoms with Crippen LogP contribution in [0.25, 0.3) is 0 Å². The minimum Gasteiger partial charge on any atom is -0.394 e. The van der Waals surface area contributed by atoms with E-state index in [1.54, 1.807) is 6.08 Å². The highest BCUT2D eigenvalue weighted by molar-refractivity contribution is 5.76. The molecular weight excluding hydrogens is 1000 g/mol. The Hall–Kier alpha value is -3.09. The summed E-state index contributed by atoms with van der Waals surface area (Å²) in [5.41, 5.74) is 0. The Morgan fingerprint density at radius 3 is 1.39 bits per heavy atom. The van der Waals surface area contributed by atoms with E-state index in [4.69, 9.17) is 18.9 Å². The second kappa shape index (κ2) is 49.5. The van der Waals surface area contributed by atoms with Crippen molar-refractivity contribution in [2.24, 2.45) is 0 Å². The SMILES string of the molecule is CC/C=C\C/C=C\C/C=C\C/C=C\C/C=C\CCCCCCCCCCCCCCCCCC(=O)NC(COC1OC(CO)C(OC2OC(CO)C(O)C(O)C2O)C(O)C1O)C(O)/C=C/CC/C=C/CC/C=C/CCCCCC. The van der Waals surface area contributed by atoms with Gasteiger partial charge in [0.1, 0.15) is 48.8 Å². The lowest BCUT2D eigenvalue weighted by molar-refractivity contribution is -0.359. The van der Waals surface area contributed by atoms with Gasteiger partial charge in [-0.3, -0.25) is 4.79 Å². The molecule has 0 spiro atoms. The van der Waals surface area contributed by atoms with Crippen LogP contribution in [0.15, 0.2) is 97.2 Å². The van der Waals surface area contributed by atoms with Crippen molar-refractivity contribution in [1.29, 1.82) is 0 Å². The highest BCUT2D eigenvalue weighted by atomic mass is 16.7. The van der Waals surface area contributed by atoms with Gasteiger partial charge in [0, 0.05) is 6.42 Å². The average Bonchev–Trinajstić information content (AvgIpc) is 3.55. The Kier molecular flexibility index (Phi) is 45.1. The van der Waals surface area contributed by atoms with E-state index in [0.29, 0.717) is 12.8 Å². The third-order valence-corrected chi connectivity index (χ3v) is 14.5. The fraction of sp³-hybridized carbons (Fsp3) is 0.738. The number of rotatable bonds is 48. The molecular formula is C65H111NO13. The monoisotopic (exact) mass is 1110 g/mol. The zero-order chi connectivity index (χ0) is 57.4. The molecule has 9 N–H and O–H groups in total. The van der Waals surface area contributed by atoms with Crippen LogP contribution in [-0.2, 0) is 23.7 Å². The molecule has 0 aliphatic carbocycles. The molecule has 0 radical (unpaired) electrons. The number of unbranched alkanes of at least 4 members (excludes halogenated alkanes) is 21. The summed E-state index contributed by atoms with van der Waals surface area (Å²) in [4.78, 5) is 13.3. The number of ether oxygens (including phenoxy) is 4. The van der Waals surface area contributed by atoms with Gasteiger partial charge in [-0.15, -0.1) is 0 Å². The summed E-state index contributed by atoms with van der Waals surface area (Å²) in [7, 11) is 0. The first-order chi connectivity index (χ1) is 38.6. The van der Waals surface area contributed by atoms with Gasteiger partial charge in [-0.25, -0.2) is 0 Å². The van der Waals surface area contributed by atoms with Gasteiger partial charge < -0.3 is 65.1 Å². The summed E-state index contributed by atoms with van der Waals surface area (Å²) >= 11 is 0. The van der Waals surface area contributed by atoms with Crippen LogP contribution in [0.2, 0.25) is 0 Å². The molecule has 2 aliphatic heterocycles. The number of amides is 1. The molecule has 12 atom stereocenters. The zero-order valence-electron chi connectivity index (χ0n) is 48.8. The first kappa shape index (κ1) is 72.0. The molecule has 0 aromatic carbocycles. The minimum absolute atomic E-state index is 0.258. The number of hydrogen-bond donors (Lipinski definition) is 9. The smallest absolute Gasteiger partial charge is 0.220 e. The first-order valence-electron chi connectivity index (χ1n) is 31.0. The van der Waals surface area contributed by atoms with Gasteiger partial charge in [-0.05, 0) is 89.9 Å². The van der Waals surface area contributed by atoms with Gasteiger partial charge in [0.25, 0.3) is 0 Å². The summed E-state index contributed by atoms with van der Waals surface area (Å²) in [5, 5.41) is 87.0. The van der Waals surface area contributed by atoms with E-state index in [1.807, 2.05) is 6.08 Å². The molecule has 79 heavy (non-hydrogen) atoms. The second-order valence-electron chi connectivity index (χ2n) is 21.4. The van der Waals surface area contributed by atoms with Crippen LogP contribution in [-0.4, -0.2) is 140 Å². The molecule has 14 heteroatoms. The van der Waals surface area contributed by atoms with E-state index in [2.05, 4.69) is 104 Å². The van der Waals surface area contributed by atoms with Crippen molar-refractivity contribution in [3.63, 3.8) is 0 Å². The molecule has 14 nitrogen and oxygen atoms in total. The molecule has 454 valence electrons. The van der Waals surface area contributed by atoms with Gasteiger partial charge in [-0.2, -0.15) is 0 Å². The Labute approximate surface area is 477 Å². The van der Waals surface area contributed by atoms with Gasteiger partial charge in [-0.1, -0.05) is 214 Å². The lowest BCUT2D eigenvalue weighted by atomic mass is 9.97. The maximum Gasteiger partial charge on any atom is 0.220 e. The third kappa shape index (κ3) is 34.8. The van der Waals surface area contributed by atoms with E-state index in [1.165, 1.54) is 103 Å². The van der Waals surface area contributed by atoms with Gasteiger partial charge >= 0.3 is 0 Å². The normalized spacial score (nSPS) is 25.1. The summed E-state index contributed by atoms with van der Waals surface area (Å²) < 4.78 is 22.7. The standard InChI is InChI=1S/C65H111NO13/c1-3-5-7-9-11-13-15-17-19-20-21-22-23-24-25-26-27-28-29-30-31-32-33-34-35-37-39-41-43-45-47-49-57(70)66-53(54(69)48-46-44-42-40-38-36-18-16-14-12-10-8-6-4-2)52-76-64-62(75)60(73)63(56(51-68)78-64)79-65-61(74)59(72)58(71)55(50-67)77-65/h5,7,11,13-14,16-17,19,21-22,24-25,38,40,46,48,53-56,58-65,67-69,71-75H,3-4,6,8-10,12,15,18,20,23,26-37,39,41-45,47,49-52H2,1-2H3,(H,66,70)/b7-5-,13-11-,16-14+,19-17-,22-21-,25-24-,40-38+,48-46+. The molecule has 2 saturated heterocycles. The van der Waals surface area contributed by atoms with Crippen LogP contribution in [0.4, 0.5) is 0 Å². The number of aliphatic hydroxyl groups excluding tert-OH is 8. The summed E-state index contributed by atoms with van der Waals surface area (Å²) in [5.74, 6) is -0.258. The number of allylic oxidation sites excluding steroid dienone is 15. The van der Waals surface area contributed by atoms with Crippen LogP contribution in [0, 0.1) is 0 Å². The van der Waals surface area contributed by atoms with Crippen LogP contribution in [0.3, 0.4) is 0 Å². The van der Waals surface area contributed by atoms with Crippen molar-refractivity contribution < 1.29 is 64.6 Å². The van der Waals surface area contributed by atoms with Crippen LogP contribution in [0.1, 0.15) is 213 Å². The van der Waals surface area contributed by atoms with Crippen molar-refractivity contribution in [2.45, 2.75) is 286 Å². The predicted molar refractivity (Wildman–Crippen MR) is 318 cm³/mol. The zero-order valence-corrected chi connectivity index (χ0v) is 48.8. The van der Waals surface area contributed by atoms with E-state index in [9.17, 15) is 45.6 Å². The van der Waals surface area contributed by atoms with Crippen molar-refractivity contribution >= 4 is 5.91 Å². The van der Waals surface area contributed by atoms with Crippen LogP contribution < -0.4 is 5.32 Å². The highest BCUT2D eigenvalue weighted by Gasteiger charge is 2.51. The second-order valence-corrected chi connectivity index (χ2v) is 21.4. The molecule has 12 unspecified atom stereocenters. The fourth-order valence-electron chi connectivity index (χ4n) is 9.53. The molecule has 1 amide bonds. The summed E-state index contributed by atoms with van der Waals surface area (Å²) in [6.07, 6.45) is 51.7. The maximum absolute atomic E-state index is 13.3. The molecule has 2 fully saturated rings. The molecule has 0 aromatic heterocycles. The number of hydrogen-bond acceptors (Lipinski definition) is 13. The quantitative estimate of drug-likeness (QED) is 0.0204. The Bertz CT molecular complexity index is 1690. The molecule has 2 rings (SSSR count). The topological polar surface area (TPSA) is 228 Å². The Balaban J connectivity index is 1.68. The molecule has 2 aliphatic rings. The molecule has 0 saturated carbocycles. The van der Waals surface area contributed by atoms with Crippen LogP contribution in [0.5, 0.6) is 0 Å². The molecule has 0 bridgehead atoms. The Morgan fingerprint density at radius 1 is 0.468 bits per heavy atom. The fourth-order valence-corrected chi connectivity index (χ4v) is 9.53. The van der Waals surface area contributed by atoms with Crippen LogP contribution >= 0.6 is 0 Å². The summed E-state index contributed by atoms with van der Waals surface area (Å²) in [6, 6.07) is -0.942. The first-order valence-corrected chi connectivity index (χ1v) is 31.0. The van der Waals surface area contributed by atoms with E-state index >= 15 is 0 Å². The predicted octanol–water partition coefficient (Wildman–Crippen LogP) is 11.1. The van der Waals surface area contributed by atoms with Gasteiger partial charge in [0.05, 0.1) is 32.0 Å². The van der Waals surface area contributed by atoms with E-state index < -0.39 is 86.8 Å². The number of aliphatic hydroxyl groups is 8. The average molecular weight is 1110 g/mol. The number of carbonyl (C=O) groups is 1. The van der Waals surface area contributed by atoms with Gasteiger partial charge in [0.15, 0.2) is 12.6 Å². The third-order valence-electron chi connectivity index (χ3n) is 14.5. The summed E-state index contributed by atoms with van der Waals surface area (Å²) in [6.45, 7) is 2.62. The largest absolute Gasteiger partial charge is 0.394 e. The molecule has 0 aromatic rings. The van der Waals surface area contributed by atoms with Crippen molar-refractivity contribution in [3.8, 4) is 0 Å². The van der Waals surface area contributed by atoms with Crippen molar-refractivity contribution in [1.82, 2.24) is 5.32 Å². The van der Waals surface area contributed by atoms with Crippen molar-refractivity contribution in [2.75, 3.05) is 19.8 Å². The Morgan fingerprint density at radius 2 is 0.886 bits per heavy atom. The van der Waals surface area contributed by atoms with Gasteiger partial charge in [0.2, 0.25) is 5.91 Å². The van der Waals surface area contributed by atoms with E-state index in [-0.39, 0.29) is 18.9 Å². The maximum atomic E-state index is 13.3. The number of nitrogens with one attached hydrogen (secondary N) is 1. The minimum atomic E-state index is -1.80. The van der Waals surface area contributed by atoms with Crippen molar-refractivity contribution in [3.05, 3.63) is 97.2 Å². The van der Waals surface area contributed by atoms with E-state index in [0.717, 1.165) is 77.0 Å². The highest BCUT2D eigenvalue weighted by Crippen LogP contribution is 2.30. The lowest BCUT2D eigenvalue weighted by Crippen LogP contribution is -2.65. The number of carbonyl (C=O) groups excluding carboxylic acids is 1. The lowest BCUT2D eigenvalue weighted by Gasteiger charge is -2.46.